The van der Waals surface area contributed by atoms with Gasteiger partial charge in [-0.15, -0.1) is 0 Å². The first-order valence-corrected chi connectivity index (χ1v) is 10.7. The number of hydrogen-bond acceptors (Lipinski definition) is 7. The van der Waals surface area contributed by atoms with Gasteiger partial charge in [-0.25, -0.2) is 9.59 Å². The normalized spacial score (nSPS) is 32.1. The van der Waals surface area contributed by atoms with Gasteiger partial charge in [-0.3, -0.25) is 4.79 Å². The number of carboxylic acids is 2. The first kappa shape index (κ1) is 25.0. The third kappa shape index (κ3) is 7.45. The molecule has 31 heavy (non-hydrogen) atoms. The van der Waals surface area contributed by atoms with Gasteiger partial charge in [0.15, 0.2) is 0 Å². The maximum atomic E-state index is 12.4. The van der Waals surface area contributed by atoms with E-state index in [4.69, 9.17) is 24.8 Å². The number of allylic oxidation sites excluding steroid dienone is 2. The summed E-state index contributed by atoms with van der Waals surface area (Å²) in [6.45, 7) is 5.85. The molecular formula is C22H33NO8. The van der Waals surface area contributed by atoms with Crippen molar-refractivity contribution in [2.45, 2.75) is 63.8 Å². The van der Waals surface area contributed by atoms with Gasteiger partial charge in [0.25, 0.3) is 0 Å². The van der Waals surface area contributed by atoms with E-state index in [2.05, 4.69) is 25.2 Å². The highest BCUT2D eigenvalue weighted by Gasteiger charge is 2.62. The van der Waals surface area contributed by atoms with Gasteiger partial charge < -0.3 is 30.1 Å². The maximum absolute atomic E-state index is 12.4. The van der Waals surface area contributed by atoms with E-state index in [0.717, 1.165) is 32.2 Å². The third-order valence-electron chi connectivity index (χ3n) is 5.98. The number of rotatable bonds is 7. The number of epoxide rings is 1. The lowest BCUT2D eigenvalue weighted by molar-refractivity contribution is -0.144. The fourth-order valence-corrected chi connectivity index (χ4v) is 4.18. The van der Waals surface area contributed by atoms with Crippen molar-refractivity contribution in [2.24, 2.45) is 11.8 Å². The number of aliphatic hydroxyl groups excluding tert-OH is 1. The minimum atomic E-state index is -1.26. The molecule has 0 spiro atoms. The van der Waals surface area contributed by atoms with Crippen molar-refractivity contribution in [2.75, 3.05) is 19.7 Å². The number of carbonyl (C=O) groups excluding carboxylic acids is 1. The number of esters is 1. The van der Waals surface area contributed by atoms with Gasteiger partial charge in [0.05, 0.1) is 11.5 Å². The van der Waals surface area contributed by atoms with Gasteiger partial charge in [-0.1, -0.05) is 11.6 Å². The van der Waals surface area contributed by atoms with Crippen LogP contribution in [0.2, 0.25) is 0 Å². The van der Waals surface area contributed by atoms with Crippen molar-refractivity contribution in [1.29, 1.82) is 0 Å². The van der Waals surface area contributed by atoms with Crippen LogP contribution in [0.15, 0.2) is 23.8 Å². The van der Waals surface area contributed by atoms with Gasteiger partial charge >= 0.3 is 17.9 Å². The van der Waals surface area contributed by atoms with Crippen LogP contribution in [-0.2, 0) is 23.9 Å². The van der Waals surface area contributed by atoms with Crippen LogP contribution < -0.4 is 5.32 Å². The average molecular weight is 440 g/mol. The summed E-state index contributed by atoms with van der Waals surface area (Å²) in [4.78, 5) is 31.5. The summed E-state index contributed by atoms with van der Waals surface area (Å²) < 4.78 is 11.7. The minimum absolute atomic E-state index is 0.0608. The van der Waals surface area contributed by atoms with E-state index in [0.29, 0.717) is 25.1 Å². The highest BCUT2D eigenvalue weighted by molar-refractivity contribution is 5.89. The molecule has 4 N–H and O–H groups in total. The molecule has 0 bridgehead atoms. The van der Waals surface area contributed by atoms with Crippen LogP contribution in [0.25, 0.3) is 0 Å². The first-order valence-electron chi connectivity index (χ1n) is 10.7. The molecule has 0 amide bonds. The number of aliphatic carboxylic acids is 2. The molecule has 0 aromatic heterocycles. The predicted molar refractivity (Wildman–Crippen MR) is 111 cm³/mol. The smallest absolute Gasteiger partial charge is 0.328 e. The van der Waals surface area contributed by atoms with Crippen LogP contribution in [-0.4, -0.2) is 70.7 Å². The zero-order chi connectivity index (χ0) is 23.0. The summed E-state index contributed by atoms with van der Waals surface area (Å²) in [6, 6.07) is 0. The molecule has 0 aromatic rings. The van der Waals surface area contributed by atoms with Crippen LogP contribution in [0.1, 0.15) is 46.0 Å². The van der Waals surface area contributed by atoms with Crippen molar-refractivity contribution in [3.05, 3.63) is 23.8 Å². The molecule has 9 heteroatoms. The van der Waals surface area contributed by atoms with Crippen molar-refractivity contribution in [3.63, 3.8) is 0 Å². The second kappa shape index (κ2) is 11.4. The second-order valence-electron chi connectivity index (χ2n) is 8.44. The molecule has 0 aromatic carbocycles. The average Bonchev–Trinajstić information content (AvgIpc) is 3.27. The minimum Gasteiger partial charge on any atom is -0.478 e. The maximum Gasteiger partial charge on any atom is 0.328 e. The quantitative estimate of drug-likeness (QED) is 0.152. The molecule has 5 atom stereocenters. The van der Waals surface area contributed by atoms with E-state index in [1.54, 1.807) is 0 Å². The molecule has 174 valence electrons. The lowest BCUT2D eigenvalue weighted by Gasteiger charge is -2.22. The largest absolute Gasteiger partial charge is 0.478 e. The first-order chi connectivity index (χ1) is 14.7. The highest BCUT2D eigenvalue weighted by atomic mass is 16.6. The second-order valence-corrected chi connectivity index (χ2v) is 8.44. The van der Waals surface area contributed by atoms with Gasteiger partial charge in [-0.05, 0) is 52.5 Å². The van der Waals surface area contributed by atoms with Gasteiger partial charge in [0.2, 0.25) is 0 Å². The summed E-state index contributed by atoms with van der Waals surface area (Å²) in [5.74, 6) is -2.48. The summed E-state index contributed by atoms with van der Waals surface area (Å²) in [5.41, 5.74) is 1.27. The van der Waals surface area contributed by atoms with Crippen molar-refractivity contribution in [1.82, 2.24) is 5.32 Å². The van der Waals surface area contributed by atoms with Crippen molar-refractivity contribution < 1.29 is 39.2 Å². The molecular weight excluding hydrogens is 406 g/mol. The molecule has 3 rings (SSSR count). The molecule has 9 nitrogen and oxygen atoms in total. The van der Waals surface area contributed by atoms with Crippen LogP contribution >= 0.6 is 0 Å². The molecule has 2 aliphatic heterocycles. The Hall–Kier alpha value is -2.23. The topological polar surface area (TPSA) is 146 Å². The lowest BCUT2D eigenvalue weighted by Crippen LogP contribution is -2.34. The summed E-state index contributed by atoms with van der Waals surface area (Å²) in [5, 5.41) is 27.8. The van der Waals surface area contributed by atoms with Gasteiger partial charge in [0.1, 0.15) is 12.2 Å². The van der Waals surface area contributed by atoms with Crippen LogP contribution in [0.4, 0.5) is 0 Å². The SMILES string of the molecule is CC1=CCC[C@@]2(C)O[C@H]2[C@H]2OC(=O)[C@@H](CNCCCO)[C@@H]2CC1.O=C(O)/C=C/C(=O)O. The van der Waals surface area contributed by atoms with Crippen LogP contribution in [0.3, 0.4) is 0 Å². The fraction of sp³-hybridized carbons (Fsp3) is 0.682. The van der Waals surface area contributed by atoms with Gasteiger partial charge in [-0.2, -0.15) is 0 Å². The Morgan fingerprint density at radius 1 is 1.29 bits per heavy atom. The van der Waals surface area contributed by atoms with Crippen LogP contribution in [0, 0.1) is 11.8 Å². The lowest BCUT2D eigenvalue weighted by atomic mass is 9.80. The van der Waals surface area contributed by atoms with Gasteiger partial charge in [0, 0.05) is 31.2 Å². The Bertz CT molecular complexity index is 702. The highest BCUT2D eigenvalue weighted by Crippen LogP contribution is 2.50. The number of carboxylic acid groups (broad SMARTS) is 2. The van der Waals surface area contributed by atoms with E-state index in [1.165, 1.54) is 5.57 Å². The summed E-state index contributed by atoms with van der Waals surface area (Å²) >= 11 is 0. The number of nitrogens with one attached hydrogen (secondary N) is 1. The Balaban J connectivity index is 0.000000366. The van der Waals surface area contributed by atoms with Crippen LogP contribution in [0.5, 0.6) is 0 Å². The number of hydrogen-bond donors (Lipinski definition) is 4. The zero-order valence-electron chi connectivity index (χ0n) is 18.1. The summed E-state index contributed by atoms with van der Waals surface area (Å²) in [7, 11) is 0. The molecule has 3 aliphatic rings. The van der Waals surface area contributed by atoms with E-state index >= 15 is 0 Å². The number of fused-ring (bicyclic) bond motifs is 3. The number of ether oxygens (including phenoxy) is 2. The van der Waals surface area contributed by atoms with E-state index in [1.807, 2.05) is 0 Å². The summed E-state index contributed by atoms with van der Waals surface area (Å²) in [6.07, 6.45) is 8.14. The van der Waals surface area contributed by atoms with E-state index in [9.17, 15) is 14.4 Å². The molecule has 2 heterocycles. The Kier molecular flexibility index (Phi) is 9.21. The standard InChI is InChI=1S/C18H29NO4.C4H4O4/c1-12-5-3-8-18(2)16(23-18)15-13(7-6-12)14(17(21)22-15)11-19-9-4-10-20;5-3(6)1-2-4(7)8/h5,13-16,19-20H,3-4,6-11H2,1-2H3;1-2H,(H,5,6)(H,7,8)/b;2-1+/t13-,14-,15-,16-,18+;/m0./s1. The van der Waals surface area contributed by atoms with Crippen molar-refractivity contribution >= 4 is 17.9 Å². The van der Waals surface area contributed by atoms with E-state index in [-0.39, 0.29) is 42.2 Å². The molecule has 0 unspecified atom stereocenters. The Labute approximate surface area is 182 Å². The molecule has 0 radical (unpaired) electrons. The molecule has 2 saturated heterocycles. The molecule has 2 fully saturated rings. The number of carbonyl (C=O) groups is 3. The Morgan fingerprint density at radius 3 is 2.58 bits per heavy atom. The van der Waals surface area contributed by atoms with Crippen molar-refractivity contribution in [3.8, 4) is 0 Å². The molecule has 1 aliphatic carbocycles. The number of aliphatic hydroxyl groups is 1. The van der Waals surface area contributed by atoms with E-state index < -0.39 is 11.9 Å². The fourth-order valence-electron chi connectivity index (χ4n) is 4.18. The molecule has 0 saturated carbocycles. The monoisotopic (exact) mass is 439 g/mol. The predicted octanol–water partition coefficient (Wildman–Crippen LogP) is 1.51. The third-order valence-corrected chi connectivity index (χ3v) is 5.98. The Morgan fingerprint density at radius 2 is 1.97 bits per heavy atom. The zero-order valence-corrected chi connectivity index (χ0v) is 18.1.